The SMILES string of the molecule is CCNC(=NCC(c1cccs1)N1CCOCC1)NC(C)CCS(C)(=O)=O.I. The smallest absolute Gasteiger partial charge is 0.191 e. The van der Waals surface area contributed by atoms with Gasteiger partial charge in [-0.25, -0.2) is 8.42 Å². The van der Waals surface area contributed by atoms with Crippen molar-refractivity contribution in [3.8, 4) is 0 Å². The van der Waals surface area contributed by atoms with Crippen LogP contribution in [0.2, 0.25) is 0 Å². The van der Waals surface area contributed by atoms with Crippen molar-refractivity contribution in [3.05, 3.63) is 22.4 Å². The topological polar surface area (TPSA) is 83.0 Å². The lowest BCUT2D eigenvalue weighted by Crippen LogP contribution is -2.44. The van der Waals surface area contributed by atoms with Crippen LogP contribution in [0.15, 0.2) is 22.5 Å². The van der Waals surface area contributed by atoms with Crippen LogP contribution in [0.3, 0.4) is 0 Å². The highest BCUT2D eigenvalue weighted by molar-refractivity contribution is 14.0. The van der Waals surface area contributed by atoms with Crippen molar-refractivity contribution in [3.63, 3.8) is 0 Å². The molecule has 0 aromatic carbocycles. The van der Waals surface area contributed by atoms with Crippen LogP contribution in [0.1, 0.15) is 31.2 Å². The number of guanidine groups is 1. The third kappa shape index (κ3) is 9.38. The predicted octanol–water partition coefficient (Wildman–Crippen LogP) is 2.12. The second kappa shape index (κ2) is 13.0. The molecule has 2 rings (SSSR count). The van der Waals surface area contributed by atoms with Crippen molar-refractivity contribution in [1.29, 1.82) is 0 Å². The van der Waals surface area contributed by atoms with E-state index in [0.717, 1.165) is 38.8 Å². The van der Waals surface area contributed by atoms with Crippen LogP contribution in [0.5, 0.6) is 0 Å². The molecule has 1 aromatic heterocycles. The summed E-state index contributed by atoms with van der Waals surface area (Å²) in [6.07, 6.45) is 1.83. The first-order valence-corrected chi connectivity index (χ1v) is 12.4. The maximum Gasteiger partial charge on any atom is 0.191 e. The number of halogens is 1. The third-order valence-electron chi connectivity index (χ3n) is 4.43. The Kier molecular flexibility index (Phi) is 11.9. The lowest BCUT2D eigenvalue weighted by molar-refractivity contribution is 0.0186. The van der Waals surface area contributed by atoms with Gasteiger partial charge < -0.3 is 15.4 Å². The Balaban J connectivity index is 0.00000392. The minimum absolute atomic E-state index is 0. The summed E-state index contributed by atoms with van der Waals surface area (Å²) in [5.74, 6) is 0.903. The zero-order valence-corrected chi connectivity index (χ0v) is 20.9. The molecular formula is C18H33IN4O3S2. The Bertz CT molecular complexity index is 677. The van der Waals surface area contributed by atoms with Gasteiger partial charge in [-0.05, 0) is 31.7 Å². The Hall–Kier alpha value is -0.430. The maximum atomic E-state index is 11.4. The van der Waals surface area contributed by atoms with Crippen LogP contribution >= 0.6 is 35.3 Å². The molecule has 0 aliphatic carbocycles. The molecule has 1 aliphatic heterocycles. The van der Waals surface area contributed by atoms with Gasteiger partial charge in [-0.2, -0.15) is 0 Å². The van der Waals surface area contributed by atoms with Crippen molar-refractivity contribution in [2.24, 2.45) is 4.99 Å². The molecule has 2 atom stereocenters. The predicted molar refractivity (Wildman–Crippen MR) is 128 cm³/mol. The molecule has 10 heteroatoms. The molecule has 0 amide bonds. The molecule has 0 spiro atoms. The Morgan fingerprint density at radius 3 is 2.68 bits per heavy atom. The number of hydrogen-bond acceptors (Lipinski definition) is 6. The first kappa shape index (κ1) is 25.6. The number of sulfone groups is 1. The number of nitrogens with zero attached hydrogens (tertiary/aromatic N) is 2. The number of morpholine rings is 1. The lowest BCUT2D eigenvalue weighted by Gasteiger charge is -2.33. The van der Waals surface area contributed by atoms with Crippen LogP contribution in [0, 0.1) is 0 Å². The van der Waals surface area contributed by atoms with Gasteiger partial charge in [0, 0.05) is 36.8 Å². The minimum Gasteiger partial charge on any atom is -0.379 e. The molecular weight excluding hydrogens is 511 g/mol. The molecule has 0 bridgehead atoms. The largest absolute Gasteiger partial charge is 0.379 e. The van der Waals surface area contributed by atoms with Gasteiger partial charge in [0.05, 0.1) is 31.6 Å². The zero-order chi connectivity index (χ0) is 19.7. The maximum absolute atomic E-state index is 11.4. The highest BCUT2D eigenvalue weighted by Gasteiger charge is 2.23. The molecule has 7 nitrogen and oxygen atoms in total. The third-order valence-corrected chi connectivity index (χ3v) is 6.38. The van der Waals surface area contributed by atoms with E-state index >= 15 is 0 Å². The number of rotatable bonds is 9. The minimum atomic E-state index is -2.95. The summed E-state index contributed by atoms with van der Waals surface area (Å²) in [4.78, 5) is 8.53. The molecule has 162 valence electrons. The number of ether oxygens (including phenoxy) is 1. The van der Waals surface area contributed by atoms with Gasteiger partial charge >= 0.3 is 0 Å². The number of nitrogens with one attached hydrogen (secondary N) is 2. The van der Waals surface area contributed by atoms with Gasteiger partial charge in [0.15, 0.2) is 5.96 Å². The molecule has 1 saturated heterocycles. The normalized spacial score (nSPS) is 18.2. The second-order valence-electron chi connectivity index (χ2n) is 6.86. The molecule has 2 N–H and O–H groups in total. The molecule has 2 heterocycles. The Labute approximate surface area is 190 Å². The quantitative estimate of drug-likeness (QED) is 0.282. The zero-order valence-electron chi connectivity index (χ0n) is 16.9. The Morgan fingerprint density at radius 1 is 1.39 bits per heavy atom. The summed E-state index contributed by atoms with van der Waals surface area (Å²) in [7, 11) is -2.95. The van der Waals surface area contributed by atoms with E-state index in [1.807, 2.05) is 13.8 Å². The van der Waals surface area contributed by atoms with Crippen LogP contribution in [0.4, 0.5) is 0 Å². The molecule has 28 heavy (non-hydrogen) atoms. The molecule has 1 aliphatic rings. The first-order valence-electron chi connectivity index (χ1n) is 9.47. The van der Waals surface area contributed by atoms with Crippen molar-refractivity contribution >= 4 is 51.1 Å². The fourth-order valence-electron chi connectivity index (χ4n) is 2.95. The molecule has 1 fully saturated rings. The molecule has 2 unspecified atom stereocenters. The van der Waals surface area contributed by atoms with E-state index in [1.54, 1.807) is 11.3 Å². The van der Waals surface area contributed by atoms with E-state index in [0.29, 0.717) is 13.0 Å². The lowest BCUT2D eigenvalue weighted by atomic mass is 10.2. The van der Waals surface area contributed by atoms with Gasteiger partial charge in [0.1, 0.15) is 9.84 Å². The summed E-state index contributed by atoms with van der Waals surface area (Å²) in [6.45, 7) is 8.74. The van der Waals surface area contributed by atoms with Crippen LogP contribution in [-0.4, -0.2) is 76.7 Å². The fourth-order valence-corrected chi connectivity index (χ4v) is 4.58. The summed E-state index contributed by atoms with van der Waals surface area (Å²) >= 11 is 1.76. The van der Waals surface area contributed by atoms with Gasteiger partial charge in [-0.1, -0.05) is 6.07 Å². The van der Waals surface area contributed by atoms with Crippen molar-refractivity contribution < 1.29 is 13.2 Å². The highest BCUT2D eigenvalue weighted by atomic mass is 127. The fraction of sp³-hybridized carbons (Fsp3) is 0.722. The highest BCUT2D eigenvalue weighted by Crippen LogP contribution is 2.26. The van der Waals surface area contributed by atoms with Gasteiger partial charge in [0.25, 0.3) is 0 Å². The summed E-state index contributed by atoms with van der Waals surface area (Å²) in [6, 6.07) is 4.50. The second-order valence-corrected chi connectivity index (χ2v) is 10.1. The van der Waals surface area contributed by atoms with Crippen molar-refractivity contribution in [2.45, 2.75) is 32.4 Å². The first-order chi connectivity index (χ1) is 12.9. The molecule has 0 saturated carbocycles. The summed E-state index contributed by atoms with van der Waals surface area (Å²) < 4.78 is 28.3. The monoisotopic (exact) mass is 544 g/mol. The van der Waals surface area contributed by atoms with E-state index in [2.05, 4.69) is 33.0 Å². The summed E-state index contributed by atoms with van der Waals surface area (Å²) in [5, 5.41) is 8.69. The summed E-state index contributed by atoms with van der Waals surface area (Å²) in [5.41, 5.74) is 0. The Morgan fingerprint density at radius 2 is 2.11 bits per heavy atom. The van der Waals surface area contributed by atoms with E-state index in [-0.39, 0.29) is 41.8 Å². The van der Waals surface area contributed by atoms with E-state index < -0.39 is 9.84 Å². The van der Waals surface area contributed by atoms with Crippen molar-refractivity contribution in [1.82, 2.24) is 15.5 Å². The standard InChI is InChI=1S/C18H32N4O3S2.HI/c1-4-19-18(21-15(2)7-13-27(3,23)24)20-14-16(17-6-5-12-26-17)22-8-10-25-11-9-22;/h5-6,12,15-16H,4,7-11,13-14H2,1-3H3,(H2,19,20,21);1H. The van der Waals surface area contributed by atoms with Gasteiger partial charge in [-0.15, -0.1) is 35.3 Å². The van der Waals surface area contributed by atoms with Crippen LogP contribution < -0.4 is 10.6 Å². The number of aliphatic imine (C=N–C) groups is 1. The number of thiophene rings is 1. The van der Waals surface area contributed by atoms with Crippen molar-refractivity contribution in [2.75, 3.05) is 51.4 Å². The number of hydrogen-bond donors (Lipinski definition) is 2. The van der Waals surface area contributed by atoms with E-state index in [4.69, 9.17) is 9.73 Å². The van der Waals surface area contributed by atoms with E-state index in [9.17, 15) is 8.42 Å². The van der Waals surface area contributed by atoms with Gasteiger partial charge in [-0.3, -0.25) is 9.89 Å². The molecule has 1 aromatic rings. The average Bonchev–Trinajstić information content (AvgIpc) is 3.15. The average molecular weight is 545 g/mol. The van der Waals surface area contributed by atoms with Crippen LogP contribution in [0.25, 0.3) is 0 Å². The van der Waals surface area contributed by atoms with E-state index in [1.165, 1.54) is 11.1 Å². The molecule has 0 radical (unpaired) electrons. The van der Waals surface area contributed by atoms with Gasteiger partial charge in [0.2, 0.25) is 0 Å². The van der Waals surface area contributed by atoms with Crippen LogP contribution in [-0.2, 0) is 14.6 Å².